The lowest BCUT2D eigenvalue weighted by Crippen LogP contribution is -1.96. The molecule has 0 aliphatic rings. The molecule has 2 N–H and O–H groups in total. The summed E-state index contributed by atoms with van der Waals surface area (Å²) in [4.78, 5) is 16.9. The van der Waals surface area contributed by atoms with Gasteiger partial charge in [-0.05, 0) is 31.2 Å². The van der Waals surface area contributed by atoms with Crippen molar-refractivity contribution in [3.8, 4) is 0 Å². The molecule has 5 aromatic rings. The Morgan fingerprint density at radius 1 is 0.840 bits per heavy atom. The summed E-state index contributed by atoms with van der Waals surface area (Å²) in [7, 11) is 0. The van der Waals surface area contributed by atoms with Crippen LogP contribution in [0.2, 0.25) is 0 Å². The molecule has 0 spiro atoms. The monoisotopic (exact) mass is 325 g/mol. The van der Waals surface area contributed by atoms with Gasteiger partial charge in [-0.1, -0.05) is 17.7 Å². The molecule has 0 amide bonds. The van der Waals surface area contributed by atoms with Crippen LogP contribution in [-0.2, 0) is 0 Å². The van der Waals surface area contributed by atoms with Crippen LogP contribution in [0.5, 0.6) is 0 Å². The fourth-order valence-corrected chi connectivity index (χ4v) is 3.17. The van der Waals surface area contributed by atoms with E-state index in [0.717, 1.165) is 44.2 Å². The lowest BCUT2D eigenvalue weighted by atomic mass is 10.1. The molecule has 120 valence electrons. The molecule has 0 unspecified atom stereocenters. The summed E-state index contributed by atoms with van der Waals surface area (Å²) >= 11 is 0. The molecular formula is C20H15N5. The van der Waals surface area contributed by atoms with Crippen LogP contribution in [-0.4, -0.2) is 19.9 Å². The molecule has 0 fully saturated rings. The van der Waals surface area contributed by atoms with Gasteiger partial charge in [-0.3, -0.25) is 9.97 Å². The van der Waals surface area contributed by atoms with E-state index in [0.29, 0.717) is 0 Å². The maximum Gasteiger partial charge on any atom is 0.139 e. The van der Waals surface area contributed by atoms with Crippen LogP contribution in [0.25, 0.3) is 32.7 Å². The fourth-order valence-electron chi connectivity index (χ4n) is 3.17. The van der Waals surface area contributed by atoms with Gasteiger partial charge in [-0.15, -0.1) is 0 Å². The van der Waals surface area contributed by atoms with Crippen LogP contribution in [0.4, 0.5) is 11.5 Å². The van der Waals surface area contributed by atoms with Crippen molar-refractivity contribution < 1.29 is 0 Å². The summed E-state index contributed by atoms with van der Waals surface area (Å²) in [6, 6.07) is 12.2. The number of H-pyrrole nitrogens is 1. The summed E-state index contributed by atoms with van der Waals surface area (Å²) in [5, 5.41) is 6.53. The average molecular weight is 325 g/mol. The maximum absolute atomic E-state index is 4.90. The predicted molar refractivity (Wildman–Crippen MR) is 101 cm³/mol. The van der Waals surface area contributed by atoms with Crippen LogP contribution in [0.1, 0.15) is 5.56 Å². The highest BCUT2D eigenvalue weighted by atomic mass is 15.0. The zero-order valence-corrected chi connectivity index (χ0v) is 13.6. The summed E-state index contributed by atoms with van der Waals surface area (Å²) in [5.74, 6) is 0.818. The number of hydrogen-bond donors (Lipinski definition) is 2. The molecule has 5 nitrogen and oxygen atoms in total. The van der Waals surface area contributed by atoms with Crippen LogP contribution in [0.3, 0.4) is 0 Å². The normalized spacial score (nSPS) is 11.4. The molecule has 0 saturated carbocycles. The van der Waals surface area contributed by atoms with Crippen molar-refractivity contribution in [2.24, 2.45) is 0 Å². The Kier molecular flexibility index (Phi) is 2.94. The lowest BCUT2D eigenvalue weighted by molar-refractivity contribution is 1.34. The average Bonchev–Trinajstić information content (AvgIpc) is 3.03. The van der Waals surface area contributed by atoms with Crippen molar-refractivity contribution in [2.75, 3.05) is 5.32 Å². The quantitative estimate of drug-likeness (QED) is 0.493. The van der Waals surface area contributed by atoms with Gasteiger partial charge in [0.25, 0.3) is 0 Å². The third-order valence-electron chi connectivity index (χ3n) is 4.46. The number of nitrogens with zero attached hydrogens (tertiary/aromatic N) is 3. The van der Waals surface area contributed by atoms with E-state index in [2.05, 4.69) is 51.5 Å². The Labute approximate surface area is 143 Å². The largest absolute Gasteiger partial charge is 0.353 e. The Bertz CT molecular complexity index is 1220. The Balaban J connectivity index is 1.81. The Hall–Kier alpha value is -3.47. The van der Waals surface area contributed by atoms with Crippen LogP contribution >= 0.6 is 0 Å². The number of benzene rings is 1. The van der Waals surface area contributed by atoms with E-state index in [1.54, 1.807) is 12.4 Å². The first-order valence-corrected chi connectivity index (χ1v) is 8.12. The number of rotatable bonds is 2. The van der Waals surface area contributed by atoms with E-state index in [9.17, 15) is 0 Å². The minimum Gasteiger partial charge on any atom is -0.353 e. The van der Waals surface area contributed by atoms with E-state index in [4.69, 9.17) is 4.98 Å². The van der Waals surface area contributed by atoms with Gasteiger partial charge in [-0.25, -0.2) is 4.98 Å². The number of nitrogens with one attached hydrogen (secondary N) is 2. The van der Waals surface area contributed by atoms with Crippen molar-refractivity contribution in [1.29, 1.82) is 0 Å². The minimum absolute atomic E-state index is 0.818. The van der Waals surface area contributed by atoms with Gasteiger partial charge in [0.1, 0.15) is 11.3 Å². The summed E-state index contributed by atoms with van der Waals surface area (Å²) in [6.07, 6.45) is 7.30. The van der Waals surface area contributed by atoms with Gasteiger partial charge < -0.3 is 10.3 Å². The molecule has 0 aliphatic heterocycles. The van der Waals surface area contributed by atoms with Crippen LogP contribution < -0.4 is 5.32 Å². The summed E-state index contributed by atoms with van der Waals surface area (Å²) in [5.41, 5.74) is 5.15. The van der Waals surface area contributed by atoms with Crippen molar-refractivity contribution in [2.45, 2.75) is 6.92 Å². The van der Waals surface area contributed by atoms with Crippen molar-refractivity contribution in [1.82, 2.24) is 19.9 Å². The molecule has 5 heteroatoms. The van der Waals surface area contributed by atoms with E-state index in [1.807, 2.05) is 24.5 Å². The number of aromatic nitrogens is 4. The van der Waals surface area contributed by atoms with Crippen molar-refractivity contribution >= 4 is 44.2 Å². The van der Waals surface area contributed by atoms with E-state index in [-0.39, 0.29) is 0 Å². The third-order valence-corrected chi connectivity index (χ3v) is 4.46. The molecule has 0 radical (unpaired) electrons. The molecule has 0 saturated heterocycles. The molecule has 1 aromatic carbocycles. The van der Waals surface area contributed by atoms with E-state index >= 15 is 0 Å². The molecule has 0 bridgehead atoms. The van der Waals surface area contributed by atoms with Gasteiger partial charge in [0.05, 0.1) is 11.0 Å². The lowest BCUT2D eigenvalue weighted by Gasteiger charge is -2.10. The maximum atomic E-state index is 4.90. The van der Waals surface area contributed by atoms with E-state index in [1.165, 1.54) is 5.56 Å². The first-order valence-electron chi connectivity index (χ1n) is 8.12. The number of hydrogen-bond acceptors (Lipinski definition) is 4. The number of anilines is 2. The molecule has 5 rings (SSSR count). The topological polar surface area (TPSA) is 66.5 Å². The summed E-state index contributed by atoms with van der Waals surface area (Å²) < 4.78 is 0. The smallest absolute Gasteiger partial charge is 0.139 e. The first-order chi connectivity index (χ1) is 12.3. The van der Waals surface area contributed by atoms with Gasteiger partial charge >= 0.3 is 0 Å². The van der Waals surface area contributed by atoms with Crippen molar-refractivity contribution in [3.05, 3.63) is 66.7 Å². The van der Waals surface area contributed by atoms with Crippen LogP contribution in [0, 0.1) is 6.92 Å². The van der Waals surface area contributed by atoms with Gasteiger partial charge in [0, 0.05) is 46.6 Å². The second-order valence-electron chi connectivity index (χ2n) is 6.14. The highest BCUT2D eigenvalue weighted by Gasteiger charge is 2.13. The van der Waals surface area contributed by atoms with Gasteiger partial charge in [-0.2, -0.15) is 0 Å². The fraction of sp³-hybridized carbons (Fsp3) is 0.0500. The number of aryl methyl sites for hydroxylation is 1. The molecule has 4 aromatic heterocycles. The highest BCUT2D eigenvalue weighted by Crippen LogP contribution is 2.33. The molecular weight excluding hydrogens is 310 g/mol. The third kappa shape index (κ3) is 2.21. The molecule has 0 aliphatic carbocycles. The summed E-state index contributed by atoms with van der Waals surface area (Å²) in [6.45, 7) is 2.08. The van der Waals surface area contributed by atoms with Gasteiger partial charge in [0.15, 0.2) is 0 Å². The zero-order chi connectivity index (χ0) is 16.8. The molecule has 4 heterocycles. The van der Waals surface area contributed by atoms with Crippen molar-refractivity contribution in [3.63, 3.8) is 0 Å². The van der Waals surface area contributed by atoms with E-state index < -0.39 is 0 Å². The Morgan fingerprint density at radius 3 is 2.44 bits per heavy atom. The number of aromatic amines is 1. The highest BCUT2D eigenvalue weighted by molar-refractivity contribution is 6.17. The zero-order valence-electron chi connectivity index (χ0n) is 13.6. The first kappa shape index (κ1) is 13.9. The molecule has 0 atom stereocenters. The minimum atomic E-state index is 0.818. The number of pyridine rings is 3. The standard InChI is InChI=1S/C20H15N5/c1-12-2-4-13(5-3-12)23-20-14-6-8-21-10-15(14)18-19(25-20)16-11-22-9-7-17(16)24-18/h2-11,24H,1H3,(H,23,25). The second kappa shape index (κ2) is 5.27. The van der Waals surface area contributed by atoms with Gasteiger partial charge in [0.2, 0.25) is 0 Å². The van der Waals surface area contributed by atoms with Crippen LogP contribution in [0.15, 0.2) is 61.2 Å². The Morgan fingerprint density at radius 2 is 1.60 bits per heavy atom. The number of fused-ring (bicyclic) bond motifs is 5. The predicted octanol–water partition coefficient (Wildman–Crippen LogP) is 4.71. The SMILES string of the molecule is Cc1ccc(Nc2nc3c4cnccc4[nH]c3c3cnccc23)cc1. The second-order valence-corrected chi connectivity index (χ2v) is 6.14. The molecule has 25 heavy (non-hydrogen) atoms.